The van der Waals surface area contributed by atoms with E-state index in [1.807, 2.05) is 30.3 Å². The highest BCUT2D eigenvalue weighted by Gasteiger charge is 2.28. The minimum Gasteiger partial charge on any atom is -0.338 e. The van der Waals surface area contributed by atoms with Crippen molar-refractivity contribution in [1.82, 2.24) is 20.0 Å². The fraction of sp³-hybridized carbons (Fsp3) is 0.263. The van der Waals surface area contributed by atoms with Gasteiger partial charge in [0, 0.05) is 30.8 Å². The Bertz CT molecular complexity index is 895. The maximum absolute atomic E-state index is 13.0. The van der Waals surface area contributed by atoms with Crippen molar-refractivity contribution in [2.24, 2.45) is 0 Å². The molecule has 1 amide bonds. The average molecular weight is 352 g/mol. The van der Waals surface area contributed by atoms with Crippen LogP contribution in [0, 0.1) is 5.95 Å². The van der Waals surface area contributed by atoms with Crippen LogP contribution in [-0.4, -0.2) is 39.0 Å². The smallest absolute Gasteiger partial charge is 0.257 e. The zero-order valence-corrected chi connectivity index (χ0v) is 14.0. The molecule has 2 aromatic heterocycles. The fourth-order valence-corrected chi connectivity index (χ4v) is 3.16. The first kappa shape index (κ1) is 16.4. The number of carbonyl (C=O) groups is 1. The van der Waals surface area contributed by atoms with Crippen molar-refractivity contribution in [3.05, 3.63) is 66.0 Å². The van der Waals surface area contributed by atoms with Gasteiger partial charge in [-0.15, -0.1) is 0 Å². The van der Waals surface area contributed by atoms with Gasteiger partial charge in [0.15, 0.2) is 5.82 Å². The molecule has 0 saturated carbocycles. The van der Waals surface area contributed by atoms with Gasteiger partial charge in [0.25, 0.3) is 11.8 Å². The number of halogens is 1. The lowest BCUT2D eigenvalue weighted by Crippen LogP contribution is -2.39. The van der Waals surface area contributed by atoms with E-state index in [2.05, 4.69) is 15.1 Å². The molecule has 0 radical (unpaired) electrons. The van der Waals surface area contributed by atoms with Crippen molar-refractivity contribution in [3.63, 3.8) is 0 Å². The number of hydrogen-bond donors (Lipinski definition) is 0. The summed E-state index contributed by atoms with van der Waals surface area (Å²) in [6.45, 7) is 1.15. The van der Waals surface area contributed by atoms with Crippen LogP contribution in [0.15, 0.2) is 53.2 Å². The molecule has 1 fully saturated rings. The van der Waals surface area contributed by atoms with Gasteiger partial charge in [-0.2, -0.15) is 9.37 Å². The largest absolute Gasteiger partial charge is 0.338 e. The molecule has 1 aliphatic rings. The highest BCUT2D eigenvalue weighted by Crippen LogP contribution is 2.27. The van der Waals surface area contributed by atoms with Crippen LogP contribution in [0.5, 0.6) is 0 Å². The fourth-order valence-electron chi connectivity index (χ4n) is 3.16. The second kappa shape index (κ2) is 7.03. The summed E-state index contributed by atoms with van der Waals surface area (Å²) in [5, 5.41) is 4.11. The lowest BCUT2D eigenvalue weighted by atomic mass is 9.97. The molecule has 0 aliphatic carbocycles. The molecule has 1 saturated heterocycles. The summed E-state index contributed by atoms with van der Waals surface area (Å²) in [6, 6.07) is 12.2. The minimum absolute atomic E-state index is 0.0160. The zero-order valence-electron chi connectivity index (χ0n) is 14.0. The Morgan fingerprint density at radius 1 is 1.19 bits per heavy atom. The number of hydrogen-bond acceptors (Lipinski definition) is 5. The maximum Gasteiger partial charge on any atom is 0.257 e. The van der Waals surface area contributed by atoms with Crippen molar-refractivity contribution in [3.8, 4) is 11.5 Å². The highest BCUT2D eigenvalue weighted by atomic mass is 19.1. The monoisotopic (exact) mass is 352 g/mol. The number of nitrogens with zero attached hydrogens (tertiary/aromatic N) is 4. The predicted octanol–water partition coefficient (Wildman–Crippen LogP) is 3.29. The molecule has 0 N–H and O–H groups in total. The van der Waals surface area contributed by atoms with Crippen molar-refractivity contribution >= 4 is 5.91 Å². The van der Waals surface area contributed by atoms with E-state index in [4.69, 9.17) is 4.52 Å². The van der Waals surface area contributed by atoms with Crippen LogP contribution in [0.4, 0.5) is 4.39 Å². The molecule has 0 bridgehead atoms. The van der Waals surface area contributed by atoms with Crippen molar-refractivity contribution in [1.29, 1.82) is 0 Å². The van der Waals surface area contributed by atoms with E-state index in [1.165, 1.54) is 18.3 Å². The zero-order chi connectivity index (χ0) is 17.9. The average Bonchev–Trinajstić information content (AvgIpc) is 3.19. The van der Waals surface area contributed by atoms with Gasteiger partial charge in [0.2, 0.25) is 5.95 Å². The normalized spacial score (nSPS) is 17.3. The summed E-state index contributed by atoms with van der Waals surface area (Å²) in [7, 11) is 0. The van der Waals surface area contributed by atoms with Gasteiger partial charge in [0.05, 0.1) is 5.56 Å². The van der Waals surface area contributed by atoms with Gasteiger partial charge in [-0.1, -0.05) is 23.4 Å². The minimum atomic E-state index is -0.599. The number of aromatic nitrogens is 3. The van der Waals surface area contributed by atoms with Crippen molar-refractivity contribution < 1.29 is 13.7 Å². The summed E-state index contributed by atoms with van der Waals surface area (Å²) >= 11 is 0. The van der Waals surface area contributed by atoms with Crippen LogP contribution in [-0.2, 0) is 0 Å². The Labute approximate surface area is 149 Å². The SMILES string of the molecule is O=C(c1ccc(F)nc1)N1CCCC(c2noc(-c3ccccc3)n2)C1. The van der Waals surface area contributed by atoms with E-state index in [0.29, 0.717) is 30.4 Å². The molecule has 1 atom stereocenters. The first-order valence-corrected chi connectivity index (χ1v) is 8.50. The first-order chi connectivity index (χ1) is 12.7. The third kappa shape index (κ3) is 3.33. The summed E-state index contributed by atoms with van der Waals surface area (Å²) in [4.78, 5) is 22.4. The first-order valence-electron chi connectivity index (χ1n) is 8.50. The summed E-state index contributed by atoms with van der Waals surface area (Å²) in [5.74, 6) is 0.347. The van der Waals surface area contributed by atoms with Crippen LogP contribution >= 0.6 is 0 Å². The number of benzene rings is 1. The van der Waals surface area contributed by atoms with Crippen LogP contribution < -0.4 is 0 Å². The van der Waals surface area contributed by atoms with E-state index in [-0.39, 0.29) is 11.8 Å². The summed E-state index contributed by atoms with van der Waals surface area (Å²) in [6.07, 6.45) is 3.00. The van der Waals surface area contributed by atoms with Gasteiger partial charge in [0.1, 0.15) is 0 Å². The van der Waals surface area contributed by atoms with E-state index in [1.54, 1.807) is 4.90 Å². The molecule has 1 aliphatic heterocycles. The predicted molar refractivity (Wildman–Crippen MR) is 91.8 cm³/mol. The van der Waals surface area contributed by atoms with E-state index >= 15 is 0 Å². The number of amides is 1. The third-order valence-electron chi connectivity index (χ3n) is 4.51. The third-order valence-corrected chi connectivity index (χ3v) is 4.51. The van der Waals surface area contributed by atoms with Gasteiger partial charge in [-0.05, 0) is 37.1 Å². The highest BCUT2D eigenvalue weighted by molar-refractivity contribution is 5.94. The van der Waals surface area contributed by atoms with Gasteiger partial charge in [-0.3, -0.25) is 4.79 Å². The van der Waals surface area contributed by atoms with E-state index in [0.717, 1.165) is 18.4 Å². The molecular weight excluding hydrogens is 335 g/mol. The van der Waals surface area contributed by atoms with Gasteiger partial charge in [-0.25, -0.2) is 4.98 Å². The van der Waals surface area contributed by atoms with Crippen LogP contribution in [0.1, 0.15) is 34.9 Å². The molecular formula is C19H17FN4O2. The number of carbonyl (C=O) groups excluding carboxylic acids is 1. The quantitative estimate of drug-likeness (QED) is 0.677. The second-order valence-electron chi connectivity index (χ2n) is 6.28. The number of rotatable bonds is 3. The summed E-state index contributed by atoms with van der Waals surface area (Å²) in [5.41, 5.74) is 1.25. The summed E-state index contributed by atoms with van der Waals surface area (Å²) < 4.78 is 18.3. The second-order valence-corrected chi connectivity index (χ2v) is 6.28. The van der Waals surface area contributed by atoms with Gasteiger partial charge >= 0.3 is 0 Å². The molecule has 1 unspecified atom stereocenters. The number of likely N-dealkylation sites (tertiary alicyclic amines) is 1. The van der Waals surface area contributed by atoms with Gasteiger partial charge < -0.3 is 9.42 Å². The van der Waals surface area contributed by atoms with Crippen molar-refractivity contribution in [2.75, 3.05) is 13.1 Å². The maximum atomic E-state index is 13.0. The number of piperidine rings is 1. The molecule has 7 heteroatoms. The van der Waals surface area contributed by atoms with Crippen LogP contribution in [0.2, 0.25) is 0 Å². The van der Waals surface area contributed by atoms with E-state index in [9.17, 15) is 9.18 Å². The molecule has 4 rings (SSSR count). The van der Waals surface area contributed by atoms with Crippen LogP contribution in [0.25, 0.3) is 11.5 Å². The molecule has 6 nitrogen and oxygen atoms in total. The van der Waals surface area contributed by atoms with Crippen molar-refractivity contribution in [2.45, 2.75) is 18.8 Å². The Morgan fingerprint density at radius 3 is 2.81 bits per heavy atom. The Kier molecular flexibility index (Phi) is 4.43. The molecule has 3 aromatic rings. The van der Waals surface area contributed by atoms with E-state index < -0.39 is 5.95 Å². The molecule has 132 valence electrons. The lowest BCUT2D eigenvalue weighted by Gasteiger charge is -2.31. The standard InChI is InChI=1S/C19H17FN4O2/c20-16-9-8-14(11-21-16)19(25)24-10-4-7-15(12-24)17-22-18(26-23-17)13-5-2-1-3-6-13/h1-3,5-6,8-9,11,15H,4,7,10,12H2. The molecule has 1 aromatic carbocycles. The number of pyridine rings is 1. The Balaban J connectivity index is 1.49. The van der Waals surface area contributed by atoms with Crippen LogP contribution in [0.3, 0.4) is 0 Å². The molecule has 0 spiro atoms. The Hall–Kier alpha value is -3.09. The Morgan fingerprint density at radius 2 is 2.04 bits per heavy atom. The lowest BCUT2D eigenvalue weighted by molar-refractivity contribution is 0.0703. The topological polar surface area (TPSA) is 72.1 Å². The molecule has 3 heterocycles. The molecule has 26 heavy (non-hydrogen) atoms.